The summed E-state index contributed by atoms with van der Waals surface area (Å²) in [5, 5.41) is 7.33. The summed E-state index contributed by atoms with van der Waals surface area (Å²) in [5.74, 6) is 0. The van der Waals surface area contributed by atoms with Gasteiger partial charge in [0.1, 0.15) is 0 Å². The Morgan fingerprint density at radius 1 is 1.25 bits per heavy atom. The van der Waals surface area contributed by atoms with Crippen molar-refractivity contribution in [1.29, 1.82) is 0 Å². The van der Waals surface area contributed by atoms with Crippen molar-refractivity contribution in [3.63, 3.8) is 0 Å². The molecule has 0 fully saturated rings. The van der Waals surface area contributed by atoms with Crippen molar-refractivity contribution in [2.75, 3.05) is 4.72 Å². The van der Waals surface area contributed by atoms with Crippen LogP contribution in [0.2, 0.25) is 0 Å². The smallest absolute Gasteiger partial charge is 0.277 e. The summed E-state index contributed by atoms with van der Waals surface area (Å²) in [6.07, 6.45) is 0. The van der Waals surface area contributed by atoms with Crippen molar-refractivity contribution in [1.82, 2.24) is 15.0 Å². The summed E-state index contributed by atoms with van der Waals surface area (Å²) in [4.78, 5) is 0. The second-order valence-corrected chi connectivity index (χ2v) is 7.56. The normalized spacial score (nSPS) is 11.7. The van der Waals surface area contributed by atoms with Crippen molar-refractivity contribution in [2.45, 2.75) is 18.9 Å². The molecule has 2 aromatic rings. The molecule has 20 heavy (non-hydrogen) atoms. The van der Waals surface area contributed by atoms with Gasteiger partial charge in [-0.25, -0.2) is 4.68 Å². The molecule has 108 valence electrons. The van der Waals surface area contributed by atoms with Gasteiger partial charge in [0.05, 0.1) is 5.69 Å². The third-order valence-corrected chi connectivity index (χ3v) is 5.52. The number of hydrogen-bond acceptors (Lipinski definition) is 4. The Morgan fingerprint density at radius 2 is 1.90 bits per heavy atom. The maximum absolute atomic E-state index is 12.4. The number of anilines is 1. The number of nitrogens with one attached hydrogen (secondary N) is 1. The van der Waals surface area contributed by atoms with Crippen LogP contribution in [-0.4, -0.2) is 23.4 Å². The van der Waals surface area contributed by atoms with Crippen LogP contribution in [0.25, 0.3) is 0 Å². The first-order chi connectivity index (χ1) is 9.22. The molecule has 1 N–H and O–H groups in total. The highest BCUT2D eigenvalue weighted by molar-refractivity contribution is 9.10. The maximum Gasteiger partial charge on any atom is 0.281 e. The SMILES string of the molecule is Cc1cc(C)c(NS(=O)(=O)c2c(Br)nnn2C)c(Br)c1. The molecule has 0 radical (unpaired) electrons. The number of hydrogen-bond donors (Lipinski definition) is 1. The molecule has 2 rings (SSSR count). The summed E-state index contributed by atoms with van der Waals surface area (Å²) in [7, 11) is -2.26. The van der Waals surface area contributed by atoms with Gasteiger partial charge in [-0.3, -0.25) is 4.72 Å². The number of nitrogens with zero attached hydrogens (tertiary/aromatic N) is 3. The second-order valence-electron chi connectivity index (χ2n) is 4.35. The van der Waals surface area contributed by atoms with Gasteiger partial charge in [-0.2, -0.15) is 8.42 Å². The molecule has 1 heterocycles. The van der Waals surface area contributed by atoms with E-state index in [0.29, 0.717) is 10.2 Å². The molecule has 0 aliphatic heterocycles. The summed E-state index contributed by atoms with van der Waals surface area (Å²) in [5.41, 5.74) is 2.37. The highest BCUT2D eigenvalue weighted by atomic mass is 79.9. The summed E-state index contributed by atoms with van der Waals surface area (Å²) < 4.78 is 29.5. The minimum atomic E-state index is -3.78. The van der Waals surface area contributed by atoms with Gasteiger partial charge in [-0.05, 0) is 62.9 Å². The van der Waals surface area contributed by atoms with Crippen LogP contribution >= 0.6 is 31.9 Å². The van der Waals surface area contributed by atoms with Gasteiger partial charge in [0, 0.05) is 11.5 Å². The third-order valence-electron chi connectivity index (χ3n) is 2.66. The number of halogens is 2. The number of rotatable bonds is 3. The molecule has 0 bridgehead atoms. The van der Waals surface area contributed by atoms with Crippen molar-refractivity contribution in [3.8, 4) is 0 Å². The minimum absolute atomic E-state index is 0.0237. The molecule has 0 spiro atoms. The number of sulfonamides is 1. The molecule has 6 nitrogen and oxygen atoms in total. The quantitative estimate of drug-likeness (QED) is 0.823. The molecule has 0 unspecified atom stereocenters. The Kier molecular flexibility index (Phi) is 4.22. The van der Waals surface area contributed by atoms with Crippen LogP contribution in [0.5, 0.6) is 0 Å². The van der Waals surface area contributed by atoms with Gasteiger partial charge in [0.15, 0.2) is 4.60 Å². The van der Waals surface area contributed by atoms with Gasteiger partial charge in [0.2, 0.25) is 5.03 Å². The zero-order chi connectivity index (χ0) is 15.1. The van der Waals surface area contributed by atoms with E-state index >= 15 is 0 Å². The fraction of sp³-hybridized carbons (Fsp3) is 0.273. The average molecular weight is 424 g/mol. The number of aromatic nitrogens is 3. The molecule has 1 aromatic heterocycles. The van der Waals surface area contributed by atoms with E-state index in [1.54, 1.807) is 0 Å². The number of benzene rings is 1. The molecular weight excluding hydrogens is 412 g/mol. The fourth-order valence-electron chi connectivity index (χ4n) is 1.84. The third kappa shape index (κ3) is 2.89. The van der Waals surface area contributed by atoms with E-state index in [1.807, 2.05) is 26.0 Å². The first kappa shape index (κ1) is 15.5. The highest BCUT2D eigenvalue weighted by Crippen LogP contribution is 2.30. The van der Waals surface area contributed by atoms with Gasteiger partial charge in [-0.1, -0.05) is 11.3 Å². The van der Waals surface area contributed by atoms with Crippen LogP contribution in [0, 0.1) is 13.8 Å². The van der Waals surface area contributed by atoms with E-state index in [0.717, 1.165) is 11.1 Å². The van der Waals surface area contributed by atoms with Gasteiger partial charge in [0.25, 0.3) is 10.0 Å². The predicted molar refractivity (Wildman–Crippen MR) is 83.1 cm³/mol. The molecule has 0 atom stereocenters. The molecule has 0 saturated carbocycles. The van der Waals surface area contributed by atoms with Crippen LogP contribution in [0.15, 0.2) is 26.2 Å². The van der Waals surface area contributed by atoms with E-state index in [1.165, 1.54) is 11.7 Å². The molecular formula is C11H12Br2N4O2S. The van der Waals surface area contributed by atoms with Gasteiger partial charge in [-0.15, -0.1) is 5.10 Å². The van der Waals surface area contributed by atoms with E-state index in [-0.39, 0.29) is 9.63 Å². The Morgan fingerprint density at radius 3 is 2.40 bits per heavy atom. The zero-order valence-electron chi connectivity index (χ0n) is 11.0. The molecule has 9 heteroatoms. The van der Waals surface area contributed by atoms with Gasteiger partial charge >= 0.3 is 0 Å². The first-order valence-electron chi connectivity index (χ1n) is 5.57. The predicted octanol–water partition coefficient (Wildman–Crippen LogP) is 2.76. The minimum Gasteiger partial charge on any atom is -0.277 e. The van der Waals surface area contributed by atoms with E-state index < -0.39 is 10.0 Å². The second kappa shape index (κ2) is 5.45. The zero-order valence-corrected chi connectivity index (χ0v) is 15.0. The van der Waals surface area contributed by atoms with Crippen LogP contribution in [0.1, 0.15) is 11.1 Å². The average Bonchev–Trinajstić information content (AvgIpc) is 2.64. The standard InChI is InChI=1S/C11H12Br2N4O2S/c1-6-4-7(2)9(8(12)5-6)15-20(18,19)11-10(13)14-16-17(11)3/h4-5,15H,1-3H3. The summed E-state index contributed by atoms with van der Waals surface area (Å²) in [6, 6.07) is 3.75. The van der Waals surface area contributed by atoms with Crippen LogP contribution in [0.3, 0.4) is 0 Å². The Balaban J connectivity index is 2.50. The Bertz CT molecular complexity index is 728. The largest absolute Gasteiger partial charge is 0.281 e. The molecule has 0 saturated heterocycles. The Hall–Kier alpha value is -0.930. The molecule has 0 aliphatic carbocycles. The lowest BCUT2D eigenvalue weighted by molar-refractivity contribution is 0.578. The lowest BCUT2D eigenvalue weighted by Gasteiger charge is -2.13. The first-order valence-corrected chi connectivity index (χ1v) is 8.64. The fourth-order valence-corrected chi connectivity index (χ4v) is 4.99. The molecule has 1 aromatic carbocycles. The van der Waals surface area contributed by atoms with E-state index in [4.69, 9.17) is 0 Å². The highest BCUT2D eigenvalue weighted by Gasteiger charge is 2.25. The van der Waals surface area contributed by atoms with Crippen LogP contribution < -0.4 is 4.72 Å². The lowest BCUT2D eigenvalue weighted by atomic mass is 10.1. The molecule has 0 amide bonds. The van der Waals surface area contributed by atoms with E-state index in [2.05, 4.69) is 46.9 Å². The molecule has 0 aliphatic rings. The topological polar surface area (TPSA) is 76.9 Å². The maximum atomic E-state index is 12.4. The summed E-state index contributed by atoms with van der Waals surface area (Å²) in [6.45, 7) is 3.78. The van der Waals surface area contributed by atoms with Crippen molar-refractivity contribution < 1.29 is 8.42 Å². The van der Waals surface area contributed by atoms with Crippen LogP contribution in [0.4, 0.5) is 5.69 Å². The monoisotopic (exact) mass is 422 g/mol. The Labute approximate surface area is 133 Å². The lowest BCUT2D eigenvalue weighted by Crippen LogP contribution is -2.18. The van der Waals surface area contributed by atoms with E-state index in [9.17, 15) is 8.42 Å². The van der Waals surface area contributed by atoms with Crippen LogP contribution in [-0.2, 0) is 17.1 Å². The van der Waals surface area contributed by atoms with Gasteiger partial charge < -0.3 is 0 Å². The number of aryl methyl sites for hydroxylation is 3. The van der Waals surface area contributed by atoms with Crippen molar-refractivity contribution in [3.05, 3.63) is 32.3 Å². The van der Waals surface area contributed by atoms with Crippen molar-refractivity contribution in [2.24, 2.45) is 7.05 Å². The summed E-state index contributed by atoms with van der Waals surface area (Å²) >= 11 is 6.46. The van der Waals surface area contributed by atoms with Crippen molar-refractivity contribution >= 4 is 47.6 Å².